The SMILES string of the molecule is Nc1cc(NCCOCC2CC2)sn1. The van der Waals surface area contributed by atoms with Crippen molar-refractivity contribution in [2.75, 3.05) is 30.8 Å². The van der Waals surface area contributed by atoms with Crippen LogP contribution in [0.15, 0.2) is 6.07 Å². The molecule has 1 aliphatic rings. The third-order valence-electron chi connectivity index (χ3n) is 2.12. The highest BCUT2D eigenvalue weighted by atomic mass is 32.1. The molecule has 0 aliphatic heterocycles. The Morgan fingerprint density at radius 2 is 2.50 bits per heavy atom. The second kappa shape index (κ2) is 4.61. The maximum atomic E-state index is 5.49. The van der Waals surface area contributed by atoms with Crippen molar-refractivity contribution < 1.29 is 4.74 Å². The van der Waals surface area contributed by atoms with Gasteiger partial charge in [-0.1, -0.05) is 0 Å². The molecule has 0 aromatic carbocycles. The molecule has 0 saturated heterocycles. The number of nitrogen functional groups attached to an aromatic ring is 1. The average Bonchev–Trinajstić information content (AvgIpc) is 2.89. The van der Waals surface area contributed by atoms with Crippen LogP contribution in [-0.2, 0) is 4.74 Å². The average molecular weight is 213 g/mol. The van der Waals surface area contributed by atoms with Crippen LogP contribution in [0.4, 0.5) is 10.8 Å². The molecular formula is C9H15N3OS. The molecular weight excluding hydrogens is 198 g/mol. The lowest BCUT2D eigenvalue weighted by Crippen LogP contribution is -2.09. The molecule has 0 atom stereocenters. The summed E-state index contributed by atoms with van der Waals surface area (Å²) in [5.74, 6) is 1.42. The van der Waals surface area contributed by atoms with Gasteiger partial charge in [-0.05, 0) is 30.3 Å². The number of hydrogen-bond acceptors (Lipinski definition) is 5. The van der Waals surface area contributed by atoms with E-state index >= 15 is 0 Å². The molecule has 0 bridgehead atoms. The Balaban J connectivity index is 1.53. The second-order valence-corrected chi connectivity index (χ2v) is 4.37. The van der Waals surface area contributed by atoms with Gasteiger partial charge in [0, 0.05) is 19.2 Å². The first-order valence-electron chi connectivity index (χ1n) is 4.88. The fourth-order valence-electron chi connectivity index (χ4n) is 1.15. The van der Waals surface area contributed by atoms with Gasteiger partial charge in [0.2, 0.25) is 0 Å². The van der Waals surface area contributed by atoms with Crippen molar-refractivity contribution >= 4 is 22.4 Å². The van der Waals surface area contributed by atoms with Crippen molar-refractivity contribution in [2.45, 2.75) is 12.8 Å². The van der Waals surface area contributed by atoms with E-state index in [4.69, 9.17) is 10.5 Å². The topological polar surface area (TPSA) is 60.2 Å². The van der Waals surface area contributed by atoms with Gasteiger partial charge in [0.15, 0.2) is 0 Å². The van der Waals surface area contributed by atoms with Crippen molar-refractivity contribution in [2.24, 2.45) is 5.92 Å². The van der Waals surface area contributed by atoms with Crippen LogP contribution in [0, 0.1) is 5.92 Å². The summed E-state index contributed by atoms with van der Waals surface area (Å²) in [4.78, 5) is 0. The lowest BCUT2D eigenvalue weighted by atomic mass is 10.5. The molecule has 1 saturated carbocycles. The Kier molecular flexibility index (Phi) is 3.21. The van der Waals surface area contributed by atoms with Crippen molar-refractivity contribution in [3.8, 4) is 0 Å². The number of nitrogens with one attached hydrogen (secondary N) is 1. The highest BCUT2D eigenvalue weighted by molar-refractivity contribution is 7.10. The zero-order valence-corrected chi connectivity index (χ0v) is 8.85. The van der Waals surface area contributed by atoms with E-state index in [2.05, 4.69) is 9.69 Å². The van der Waals surface area contributed by atoms with Crippen LogP contribution in [0.3, 0.4) is 0 Å². The van der Waals surface area contributed by atoms with Gasteiger partial charge in [0.1, 0.15) is 10.8 Å². The second-order valence-electron chi connectivity index (χ2n) is 3.56. The molecule has 1 fully saturated rings. The van der Waals surface area contributed by atoms with E-state index in [0.29, 0.717) is 5.82 Å². The summed E-state index contributed by atoms with van der Waals surface area (Å²) in [6.45, 7) is 2.51. The van der Waals surface area contributed by atoms with Crippen LogP contribution in [0.1, 0.15) is 12.8 Å². The zero-order valence-electron chi connectivity index (χ0n) is 8.03. The highest BCUT2D eigenvalue weighted by Crippen LogP contribution is 2.28. The predicted molar refractivity (Wildman–Crippen MR) is 58.6 cm³/mol. The van der Waals surface area contributed by atoms with Gasteiger partial charge in [-0.2, -0.15) is 4.37 Å². The monoisotopic (exact) mass is 213 g/mol. The molecule has 0 unspecified atom stereocenters. The van der Waals surface area contributed by atoms with Crippen LogP contribution in [0.25, 0.3) is 0 Å². The lowest BCUT2D eigenvalue weighted by Gasteiger charge is -2.03. The molecule has 14 heavy (non-hydrogen) atoms. The van der Waals surface area contributed by atoms with Crippen molar-refractivity contribution in [1.82, 2.24) is 4.37 Å². The molecule has 1 aromatic rings. The number of nitrogens with two attached hydrogens (primary N) is 1. The van der Waals surface area contributed by atoms with Crippen LogP contribution >= 0.6 is 11.5 Å². The minimum Gasteiger partial charge on any atom is -0.383 e. The number of hydrogen-bond donors (Lipinski definition) is 2. The molecule has 78 valence electrons. The molecule has 0 amide bonds. The summed E-state index contributed by atoms with van der Waals surface area (Å²) in [6.07, 6.45) is 2.69. The van der Waals surface area contributed by atoms with E-state index < -0.39 is 0 Å². The van der Waals surface area contributed by atoms with Gasteiger partial charge in [-0.3, -0.25) is 0 Å². The van der Waals surface area contributed by atoms with Crippen molar-refractivity contribution in [1.29, 1.82) is 0 Å². The molecule has 1 heterocycles. The standard InChI is InChI=1S/C9H15N3OS/c10-8-5-9(14-12-8)11-3-4-13-6-7-1-2-7/h5,7,11H,1-4,6H2,(H2,10,12). The maximum absolute atomic E-state index is 5.49. The van der Waals surface area contributed by atoms with Crippen LogP contribution in [-0.4, -0.2) is 24.1 Å². The number of aromatic nitrogens is 1. The van der Waals surface area contributed by atoms with Gasteiger partial charge in [-0.25, -0.2) is 0 Å². The molecule has 0 spiro atoms. The summed E-state index contributed by atoms with van der Waals surface area (Å²) in [7, 11) is 0. The van der Waals surface area contributed by atoms with E-state index in [1.165, 1.54) is 24.4 Å². The fourth-order valence-corrected chi connectivity index (χ4v) is 1.75. The third kappa shape index (κ3) is 3.16. The highest BCUT2D eigenvalue weighted by Gasteiger charge is 2.20. The third-order valence-corrected chi connectivity index (χ3v) is 2.89. The van der Waals surface area contributed by atoms with E-state index in [1.807, 2.05) is 6.07 Å². The summed E-state index contributed by atoms with van der Waals surface area (Å²) >= 11 is 1.38. The van der Waals surface area contributed by atoms with Crippen LogP contribution in [0.5, 0.6) is 0 Å². The van der Waals surface area contributed by atoms with E-state index in [9.17, 15) is 0 Å². The summed E-state index contributed by atoms with van der Waals surface area (Å²) in [5, 5.41) is 4.22. The van der Waals surface area contributed by atoms with E-state index in [-0.39, 0.29) is 0 Å². The number of rotatable bonds is 6. The molecule has 4 nitrogen and oxygen atoms in total. The Bertz CT molecular complexity index is 285. The van der Waals surface area contributed by atoms with Gasteiger partial charge in [0.25, 0.3) is 0 Å². The molecule has 5 heteroatoms. The van der Waals surface area contributed by atoms with Crippen LogP contribution < -0.4 is 11.1 Å². The Labute approximate surface area is 87.6 Å². The van der Waals surface area contributed by atoms with Crippen molar-refractivity contribution in [3.63, 3.8) is 0 Å². The summed E-state index contributed by atoms with van der Waals surface area (Å²) in [5.41, 5.74) is 5.49. The lowest BCUT2D eigenvalue weighted by molar-refractivity contribution is 0.134. The molecule has 1 aromatic heterocycles. The van der Waals surface area contributed by atoms with Gasteiger partial charge < -0.3 is 15.8 Å². The molecule has 2 rings (SSSR count). The summed E-state index contributed by atoms with van der Waals surface area (Å²) < 4.78 is 9.45. The predicted octanol–water partition coefficient (Wildman–Crippen LogP) is 1.56. The van der Waals surface area contributed by atoms with E-state index in [0.717, 1.165) is 30.7 Å². The minimum atomic E-state index is 0.580. The number of nitrogens with zero attached hydrogens (tertiary/aromatic N) is 1. The maximum Gasteiger partial charge on any atom is 0.139 e. The smallest absolute Gasteiger partial charge is 0.139 e. The minimum absolute atomic E-state index is 0.580. The number of anilines is 2. The number of ether oxygens (including phenoxy) is 1. The van der Waals surface area contributed by atoms with Crippen LogP contribution in [0.2, 0.25) is 0 Å². The first-order chi connectivity index (χ1) is 6.84. The molecule has 1 aliphatic carbocycles. The van der Waals surface area contributed by atoms with Gasteiger partial charge in [-0.15, -0.1) is 0 Å². The Morgan fingerprint density at radius 1 is 1.64 bits per heavy atom. The molecule has 0 radical (unpaired) electrons. The summed E-state index contributed by atoms with van der Waals surface area (Å²) in [6, 6.07) is 1.84. The first-order valence-corrected chi connectivity index (χ1v) is 5.66. The zero-order chi connectivity index (χ0) is 9.80. The Hall–Kier alpha value is -0.810. The van der Waals surface area contributed by atoms with Gasteiger partial charge >= 0.3 is 0 Å². The Morgan fingerprint density at radius 3 is 3.14 bits per heavy atom. The largest absolute Gasteiger partial charge is 0.383 e. The normalized spacial score (nSPS) is 15.7. The van der Waals surface area contributed by atoms with Gasteiger partial charge in [0.05, 0.1) is 6.61 Å². The fraction of sp³-hybridized carbons (Fsp3) is 0.667. The quantitative estimate of drug-likeness (QED) is 0.704. The molecule has 3 N–H and O–H groups in total. The van der Waals surface area contributed by atoms with Crippen molar-refractivity contribution in [3.05, 3.63) is 6.07 Å². The first kappa shape index (κ1) is 9.73. The van der Waals surface area contributed by atoms with E-state index in [1.54, 1.807) is 0 Å².